The number of carbonyl (C=O) groups is 1. The number of phenolic OH excluding ortho intramolecular Hbond substituents is 1. The Bertz CT molecular complexity index is 563. The highest BCUT2D eigenvalue weighted by atomic mass is 16.6. The number of nitrogens with one attached hydrogen (secondary N) is 1. The molecule has 0 unspecified atom stereocenters. The van der Waals surface area contributed by atoms with E-state index >= 15 is 0 Å². The Morgan fingerprint density at radius 1 is 1.10 bits per heavy atom. The van der Waals surface area contributed by atoms with Crippen LogP contribution in [0.15, 0.2) is 48.5 Å². The van der Waals surface area contributed by atoms with Gasteiger partial charge < -0.3 is 9.84 Å². The number of aromatic hydroxyl groups is 1. The van der Waals surface area contributed by atoms with Crippen LogP contribution in [0, 0.1) is 0 Å². The Labute approximate surface area is 116 Å². The van der Waals surface area contributed by atoms with Gasteiger partial charge in [-0.3, -0.25) is 9.63 Å². The van der Waals surface area contributed by atoms with Gasteiger partial charge >= 0.3 is 0 Å². The molecular weight excluding hydrogens is 258 g/mol. The van der Waals surface area contributed by atoms with Crippen molar-refractivity contribution in [3.8, 4) is 11.5 Å². The second-order valence-corrected chi connectivity index (χ2v) is 4.11. The first-order valence-corrected chi connectivity index (χ1v) is 6.03. The van der Waals surface area contributed by atoms with Crippen molar-refractivity contribution in [2.24, 2.45) is 0 Å². The number of hydrogen-bond acceptors (Lipinski definition) is 4. The maximum absolute atomic E-state index is 11.7. The summed E-state index contributed by atoms with van der Waals surface area (Å²) in [5.41, 5.74) is 3.67. The van der Waals surface area contributed by atoms with Crippen LogP contribution in [0.25, 0.3) is 0 Å². The Kier molecular flexibility index (Phi) is 4.57. The molecule has 1 amide bonds. The first kappa shape index (κ1) is 13.9. The van der Waals surface area contributed by atoms with Gasteiger partial charge in [0.25, 0.3) is 5.91 Å². The van der Waals surface area contributed by atoms with E-state index in [2.05, 4.69) is 5.48 Å². The van der Waals surface area contributed by atoms with Crippen molar-refractivity contribution in [1.82, 2.24) is 5.48 Å². The molecule has 0 atom stereocenters. The van der Waals surface area contributed by atoms with Gasteiger partial charge in [-0.15, -0.1) is 0 Å². The zero-order valence-electron chi connectivity index (χ0n) is 11.0. The Hall–Kier alpha value is -2.53. The van der Waals surface area contributed by atoms with Gasteiger partial charge in [-0.05, 0) is 42.0 Å². The molecule has 0 saturated carbocycles. The molecule has 0 aliphatic carbocycles. The minimum atomic E-state index is -0.362. The summed E-state index contributed by atoms with van der Waals surface area (Å²) in [6.07, 6.45) is 0. The van der Waals surface area contributed by atoms with E-state index in [0.29, 0.717) is 5.56 Å². The van der Waals surface area contributed by atoms with Gasteiger partial charge in [0.2, 0.25) is 0 Å². The van der Waals surface area contributed by atoms with Crippen LogP contribution < -0.4 is 10.2 Å². The molecule has 0 bridgehead atoms. The zero-order valence-corrected chi connectivity index (χ0v) is 11.0. The molecule has 0 aliphatic rings. The van der Waals surface area contributed by atoms with Crippen molar-refractivity contribution in [2.75, 3.05) is 7.11 Å². The standard InChI is InChI=1S/C15H15NO4/c1-19-14-8-2-11(3-9-14)10-20-16-15(18)12-4-6-13(17)7-5-12/h2-9,17H,10H2,1H3,(H,16,18). The molecule has 20 heavy (non-hydrogen) atoms. The average molecular weight is 273 g/mol. The lowest BCUT2D eigenvalue weighted by Crippen LogP contribution is -2.23. The van der Waals surface area contributed by atoms with E-state index in [9.17, 15) is 4.79 Å². The Morgan fingerprint density at radius 3 is 2.35 bits per heavy atom. The summed E-state index contributed by atoms with van der Waals surface area (Å²) in [6.45, 7) is 0.258. The Morgan fingerprint density at radius 2 is 1.75 bits per heavy atom. The van der Waals surface area contributed by atoms with Crippen molar-refractivity contribution >= 4 is 5.91 Å². The molecule has 2 aromatic rings. The average Bonchev–Trinajstić information content (AvgIpc) is 2.48. The molecule has 2 aromatic carbocycles. The second kappa shape index (κ2) is 6.58. The SMILES string of the molecule is COc1ccc(CONC(=O)c2ccc(O)cc2)cc1. The number of methoxy groups -OCH3 is 1. The quantitative estimate of drug-likeness (QED) is 0.820. The third kappa shape index (κ3) is 3.73. The number of ether oxygens (including phenoxy) is 1. The topological polar surface area (TPSA) is 67.8 Å². The third-order valence-corrected chi connectivity index (χ3v) is 2.69. The third-order valence-electron chi connectivity index (χ3n) is 2.69. The predicted octanol–water partition coefficient (Wildman–Crippen LogP) is 2.26. The van der Waals surface area contributed by atoms with Crippen LogP contribution in [0.4, 0.5) is 0 Å². The van der Waals surface area contributed by atoms with Gasteiger partial charge in [-0.2, -0.15) is 0 Å². The molecular formula is C15H15NO4. The van der Waals surface area contributed by atoms with E-state index in [-0.39, 0.29) is 18.3 Å². The van der Waals surface area contributed by atoms with Gasteiger partial charge in [0, 0.05) is 5.56 Å². The minimum absolute atomic E-state index is 0.112. The number of phenols is 1. The number of amides is 1. The fourth-order valence-corrected chi connectivity index (χ4v) is 1.58. The lowest BCUT2D eigenvalue weighted by atomic mass is 10.2. The van der Waals surface area contributed by atoms with Crippen LogP contribution >= 0.6 is 0 Å². The normalized spacial score (nSPS) is 10.1. The van der Waals surface area contributed by atoms with E-state index in [1.807, 2.05) is 24.3 Å². The highest BCUT2D eigenvalue weighted by Crippen LogP contribution is 2.12. The highest BCUT2D eigenvalue weighted by Gasteiger charge is 2.05. The maximum atomic E-state index is 11.7. The van der Waals surface area contributed by atoms with Crippen LogP contribution in [-0.2, 0) is 11.4 Å². The molecule has 5 nitrogen and oxygen atoms in total. The predicted molar refractivity (Wildman–Crippen MR) is 73.4 cm³/mol. The monoisotopic (exact) mass is 273 g/mol. The van der Waals surface area contributed by atoms with Gasteiger partial charge in [-0.1, -0.05) is 12.1 Å². The molecule has 104 valence electrons. The van der Waals surface area contributed by atoms with Crippen molar-refractivity contribution < 1.29 is 19.5 Å². The van der Waals surface area contributed by atoms with Crippen LogP contribution in [0.2, 0.25) is 0 Å². The summed E-state index contributed by atoms with van der Waals surface area (Å²) >= 11 is 0. The van der Waals surface area contributed by atoms with Gasteiger partial charge in [0.15, 0.2) is 0 Å². The highest BCUT2D eigenvalue weighted by molar-refractivity contribution is 5.93. The molecule has 0 aromatic heterocycles. The van der Waals surface area contributed by atoms with Crippen LogP contribution in [-0.4, -0.2) is 18.1 Å². The van der Waals surface area contributed by atoms with E-state index in [1.165, 1.54) is 24.3 Å². The Balaban J connectivity index is 1.82. The van der Waals surface area contributed by atoms with E-state index in [4.69, 9.17) is 14.7 Å². The molecule has 2 rings (SSSR count). The van der Waals surface area contributed by atoms with Crippen LogP contribution in [0.5, 0.6) is 11.5 Å². The van der Waals surface area contributed by atoms with Gasteiger partial charge in [0.05, 0.1) is 13.7 Å². The summed E-state index contributed by atoms with van der Waals surface area (Å²) in [5.74, 6) is 0.515. The molecule has 2 N–H and O–H groups in total. The molecule has 0 spiro atoms. The number of hydroxylamine groups is 1. The smallest absolute Gasteiger partial charge is 0.274 e. The maximum Gasteiger partial charge on any atom is 0.274 e. The van der Waals surface area contributed by atoms with Crippen LogP contribution in [0.3, 0.4) is 0 Å². The summed E-state index contributed by atoms with van der Waals surface area (Å²) in [5, 5.41) is 9.13. The first-order chi connectivity index (χ1) is 9.69. The summed E-state index contributed by atoms with van der Waals surface area (Å²) in [7, 11) is 1.60. The van der Waals surface area contributed by atoms with E-state index < -0.39 is 0 Å². The van der Waals surface area contributed by atoms with Crippen molar-refractivity contribution in [3.05, 3.63) is 59.7 Å². The molecule has 0 saturated heterocycles. The number of benzene rings is 2. The molecule has 0 fully saturated rings. The molecule has 0 aliphatic heterocycles. The van der Waals surface area contributed by atoms with Crippen molar-refractivity contribution in [3.63, 3.8) is 0 Å². The fraction of sp³-hybridized carbons (Fsp3) is 0.133. The number of rotatable bonds is 5. The number of carbonyl (C=O) groups excluding carboxylic acids is 1. The minimum Gasteiger partial charge on any atom is -0.508 e. The van der Waals surface area contributed by atoms with Gasteiger partial charge in [0.1, 0.15) is 11.5 Å². The van der Waals surface area contributed by atoms with Crippen molar-refractivity contribution in [2.45, 2.75) is 6.61 Å². The lowest BCUT2D eigenvalue weighted by Gasteiger charge is -2.07. The zero-order chi connectivity index (χ0) is 14.4. The van der Waals surface area contributed by atoms with Gasteiger partial charge in [-0.25, -0.2) is 5.48 Å². The molecule has 5 heteroatoms. The first-order valence-electron chi connectivity index (χ1n) is 6.03. The number of hydrogen-bond donors (Lipinski definition) is 2. The summed E-state index contributed by atoms with van der Waals surface area (Å²) in [4.78, 5) is 16.8. The molecule has 0 radical (unpaired) electrons. The van der Waals surface area contributed by atoms with E-state index in [1.54, 1.807) is 7.11 Å². The lowest BCUT2D eigenvalue weighted by molar-refractivity contribution is 0.0233. The van der Waals surface area contributed by atoms with Crippen LogP contribution in [0.1, 0.15) is 15.9 Å². The van der Waals surface area contributed by atoms with E-state index in [0.717, 1.165) is 11.3 Å². The summed E-state index contributed by atoms with van der Waals surface area (Å²) < 4.78 is 5.05. The largest absolute Gasteiger partial charge is 0.508 e. The summed E-state index contributed by atoms with van der Waals surface area (Å²) in [6, 6.07) is 13.3. The second-order valence-electron chi connectivity index (χ2n) is 4.11. The van der Waals surface area contributed by atoms with Crippen molar-refractivity contribution in [1.29, 1.82) is 0 Å². The fourth-order valence-electron chi connectivity index (χ4n) is 1.58. The molecule has 0 heterocycles.